The third-order valence-corrected chi connectivity index (χ3v) is 1.99. The Morgan fingerprint density at radius 1 is 1.29 bits per heavy atom. The van der Waals surface area contributed by atoms with Crippen molar-refractivity contribution in [2.45, 2.75) is 6.18 Å². The Kier molecular flexibility index (Phi) is 3.04. The predicted molar refractivity (Wildman–Crippen MR) is 45.7 cm³/mol. The minimum atomic E-state index is -4.72. The second kappa shape index (κ2) is 3.76. The zero-order valence-corrected chi connectivity index (χ0v) is 8.54. The Balaban J connectivity index is 3.37. The van der Waals surface area contributed by atoms with Crippen LogP contribution in [0.5, 0.6) is 5.75 Å². The highest BCUT2D eigenvalue weighted by molar-refractivity contribution is 9.10. The molecule has 14 heavy (non-hydrogen) atoms. The van der Waals surface area contributed by atoms with Crippen molar-refractivity contribution in [3.8, 4) is 5.75 Å². The summed E-state index contributed by atoms with van der Waals surface area (Å²) in [5.41, 5.74) is -1.34. The first kappa shape index (κ1) is 11.3. The minimum absolute atomic E-state index is 0.114. The van der Waals surface area contributed by atoms with Gasteiger partial charge in [-0.3, -0.25) is 0 Å². The SMILES string of the molecule is COc1cc(Br)cc(C(F)(F)F)c1F. The predicted octanol–water partition coefficient (Wildman–Crippen LogP) is 3.62. The van der Waals surface area contributed by atoms with Gasteiger partial charge >= 0.3 is 6.18 Å². The maximum absolute atomic E-state index is 13.1. The van der Waals surface area contributed by atoms with E-state index in [4.69, 9.17) is 0 Å². The van der Waals surface area contributed by atoms with Gasteiger partial charge in [0.05, 0.1) is 12.7 Å². The Labute approximate surface area is 85.8 Å². The average Bonchev–Trinajstić information content (AvgIpc) is 2.06. The lowest BCUT2D eigenvalue weighted by Gasteiger charge is -2.11. The molecule has 0 bridgehead atoms. The first-order chi connectivity index (χ1) is 6.36. The van der Waals surface area contributed by atoms with Crippen LogP contribution in [-0.2, 0) is 6.18 Å². The number of ether oxygens (including phenoxy) is 1. The Bertz CT molecular complexity index is 348. The Hall–Kier alpha value is -0.780. The highest BCUT2D eigenvalue weighted by Crippen LogP contribution is 2.37. The summed E-state index contributed by atoms with van der Waals surface area (Å²) in [4.78, 5) is 0. The summed E-state index contributed by atoms with van der Waals surface area (Å²) in [7, 11) is 1.10. The molecular formula is C8H5BrF4O. The molecule has 78 valence electrons. The molecule has 0 aliphatic carbocycles. The van der Waals surface area contributed by atoms with Crippen molar-refractivity contribution in [3.63, 3.8) is 0 Å². The summed E-state index contributed by atoms with van der Waals surface area (Å²) in [6.07, 6.45) is -4.72. The van der Waals surface area contributed by atoms with Crippen molar-refractivity contribution in [2.24, 2.45) is 0 Å². The minimum Gasteiger partial charge on any atom is -0.494 e. The van der Waals surface area contributed by atoms with Gasteiger partial charge in [-0.15, -0.1) is 0 Å². The zero-order valence-electron chi connectivity index (χ0n) is 6.95. The number of hydrogen-bond donors (Lipinski definition) is 0. The summed E-state index contributed by atoms with van der Waals surface area (Å²) in [5.74, 6) is -1.84. The van der Waals surface area contributed by atoms with Crippen molar-refractivity contribution in [3.05, 3.63) is 28.0 Å². The van der Waals surface area contributed by atoms with E-state index in [2.05, 4.69) is 20.7 Å². The third kappa shape index (κ3) is 2.17. The van der Waals surface area contributed by atoms with Crippen LogP contribution < -0.4 is 4.74 Å². The van der Waals surface area contributed by atoms with Crippen molar-refractivity contribution < 1.29 is 22.3 Å². The molecule has 0 heterocycles. The van der Waals surface area contributed by atoms with Crippen molar-refractivity contribution in [1.82, 2.24) is 0 Å². The van der Waals surface area contributed by atoms with Crippen LogP contribution in [0.15, 0.2) is 16.6 Å². The fourth-order valence-electron chi connectivity index (χ4n) is 0.919. The molecule has 0 N–H and O–H groups in total. The average molecular weight is 273 g/mol. The van der Waals surface area contributed by atoms with Crippen LogP contribution in [0.2, 0.25) is 0 Å². The Morgan fingerprint density at radius 3 is 2.29 bits per heavy atom. The molecule has 1 aromatic carbocycles. The first-order valence-electron chi connectivity index (χ1n) is 3.46. The van der Waals surface area contributed by atoms with E-state index in [1.165, 1.54) is 0 Å². The van der Waals surface area contributed by atoms with Crippen LogP contribution in [0.25, 0.3) is 0 Å². The number of benzene rings is 1. The molecule has 0 aromatic heterocycles. The number of hydrogen-bond acceptors (Lipinski definition) is 1. The fourth-order valence-corrected chi connectivity index (χ4v) is 1.36. The van der Waals surface area contributed by atoms with Gasteiger partial charge in [-0.25, -0.2) is 4.39 Å². The van der Waals surface area contributed by atoms with Crippen LogP contribution in [0.1, 0.15) is 5.56 Å². The second-order valence-electron chi connectivity index (χ2n) is 2.47. The normalized spacial score (nSPS) is 11.6. The van der Waals surface area contributed by atoms with Crippen molar-refractivity contribution >= 4 is 15.9 Å². The second-order valence-corrected chi connectivity index (χ2v) is 3.38. The van der Waals surface area contributed by atoms with E-state index in [1.807, 2.05) is 0 Å². The lowest BCUT2D eigenvalue weighted by molar-refractivity contribution is -0.140. The summed E-state index contributed by atoms with van der Waals surface area (Å²) in [5, 5.41) is 0. The van der Waals surface area contributed by atoms with Crippen LogP contribution in [0, 0.1) is 5.82 Å². The van der Waals surface area contributed by atoms with E-state index in [-0.39, 0.29) is 4.47 Å². The van der Waals surface area contributed by atoms with Crippen LogP contribution in [0.4, 0.5) is 17.6 Å². The third-order valence-electron chi connectivity index (χ3n) is 1.53. The molecule has 0 atom stereocenters. The summed E-state index contributed by atoms with van der Waals surface area (Å²) in [6, 6.07) is 1.79. The number of alkyl halides is 3. The fraction of sp³-hybridized carbons (Fsp3) is 0.250. The topological polar surface area (TPSA) is 9.23 Å². The highest BCUT2D eigenvalue weighted by Gasteiger charge is 2.35. The highest BCUT2D eigenvalue weighted by atomic mass is 79.9. The van der Waals surface area contributed by atoms with E-state index in [0.29, 0.717) is 6.07 Å². The lowest BCUT2D eigenvalue weighted by atomic mass is 10.2. The van der Waals surface area contributed by atoms with E-state index in [1.54, 1.807) is 0 Å². The quantitative estimate of drug-likeness (QED) is 0.710. The number of halogens is 5. The smallest absolute Gasteiger partial charge is 0.419 e. The Morgan fingerprint density at radius 2 is 1.86 bits per heavy atom. The maximum atomic E-state index is 13.1. The van der Waals surface area contributed by atoms with Crippen LogP contribution in [-0.4, -0.2) is 7.11 Å². The summed E-state index contributed by atoms with van der Waals surface area (Å²) >= 11 is 2.83. The standard InChI is InChI=1S/C8H5BrF4O/c1-14-6-3-4(9)2-5(7(6)10)8(11,12)13/h2-3H,1H3. The molecule has 0 saturated heterocycles. The van der Waals surface area contributed by atoms with Gasteiger partial charge in [-0.1, -0.05) is 15.9 Å². The molecule has 0 radical (unpaired) electrons. The first-order valence-corrected chi connectivity index (χ1v) is 4.25. The van der Waals surface area contributed by atoms with Gasteiger partial charge in [-0.2, -0.15) is 13.2 Å². The summed E-state index contributed by atoms with van der Waals surface area (Å²) in [6.45, 7) is 0. The zero-order chi connectivity index (χ0) is 10.9. The molecule has 0 amide bonds. The number of methoxy groups -OCH3 is 1. The van der Waals surface area contributed by atoms with Gasteiger partial charge < -0.3 is 4.74 Å². The number of rotatable bonds is 1. The van der Waals surface area contributed by atoms with Crippen molar-refractivity contribution in [1.29, 1.82) is 0 Å². The van der Waals surface area contributed by atoms with Gasteiger partial charge in [-0.05, 0) is 12.1 Å². The van der Waals surface area contributed by atoms with Crippen molar-refractivity contribution in [2.75, 3.05) is 7.11 Å². The van der Waals surface area contributed by atoms with E-state index >= 15 is 0 Å². The molecule has 0 fully saturated rings. The maximum Gasteiger partial charge on any atom is 0.419 e. The molecular weight excluding hydrogens is 268 g/mol. The van der Waals surface area contributed by atoms with Crippen LogP contribution >= 0.6 is 15.9 Å². The monoisotopic (exact) mass is 272 g/mol. The summed E-state index contributed by atoms with van der Waals surface area (Å²) < 4.78 is 54.3. The van der Waals surface area contributed by atoms with E-state index in [0.717, 1.165) is 13.2 Å². The molecule has 0 spiro atoms. The van der Waals surface area contributed by atoms with E-state index < -0.39 is 23.3 Å². The van der Waals surface area contributed by atoms with Gasteiger partial charge in [0.2, 0.25) is 0 Å². The van der Waals surface area contributed by atoms with Gasteiger partial charge in [0.1, 0.15) is 0 Å². The van der Waals surface area contributed by atoms with Gasteiger partial charge in [0, 0.05) is 4.47 Å². The largest absolute Gasteiger partial charge is 0.494 e. The molecule has 0 aliphatic rings. The molecule has 6 heteroatoms. The van der Waals surface area contributed by atoms with Crippen LogP contribution in [0.3, 0.4) is 0 Å². The van der Waals surface area contributed by atoms with E-state index in [9.17, 15) is 17.6 Å². The molecule has 1 aromatic rings. The molecule has 0 unspecified atom stereocenters. The van der Waals surface area contributed by atoms with Gasteiger partial charge in [0.25, 0.3) is 0 Å². The lowest BCUT2D eigenvalue weighted by Crippen LogP contribution is -2.09. The molecule has 1 rings (SSSR count). The van der Waals surface area contributed by atoms with Gasteiger partial charge in [0.15, 0.2) is 11.6 Å². The molecule has 0 saturated carbocycles. The molecule has 1 nitrogen and oxygen atoms in total. The molecule has 0 aliphatic heterocycles.